The summed E-state index contributed by atoms with van der Waals surface area (Å²) < 4.78 is 0. The molecule has 0 aromatic rings. The largest absolute Gasteiger partial charge is 0.380 e. The number of rotatable bonds is 2. The van der Waals surface area contributed by atoms with E-state index in [2.05, 4.69) is 11.8 Å². The van der Waals surface area contributed by atoms with Crippen molar-refractivity contribution in [1.29, 1.82) is 0 Å². The van der Waals surface area contributed by atoms with E-state index in [0.717, 1.165) is 0 Å². The van der Waals surface area contributed by atoms with Gasteiger partial charge in [0.2, 0.25) is 0 Å². The van der Waals surface area contributed by atoms with E-state index in [4.69, 9.17) is 5.11 Å². The molecule has 0 aromatic carbocycles. The van der Waals surface area contributed by atoms with E-state index in [1.165, 1.54) is 0 Å². The second-order valence-corrected chi connectivity index (χ2v) is 2.10. The molecule has 1 nitrogen and oxygen atoms in total. The summed E-state index contributed by atoms with van der Waals surface area (Å²) in [7, 11) is 0. The maximum Gasteiger partial charge on any atom is 0.114 e. The Morgan fingerprint density at radius 3 is 2.73 bits per heavy atom. The minimum Gasteiger partial charge on any atom is -0.380 e. The molecule has 0 spiro atoms. The van der Waals surface area contributed by atoms with Crippen LogP contribution in [0.5, 0.6) is 0 Å². The number of hydrogen-bond donors (Lipinski definition) is 1. The van der Waals surface area contributed by atoms with E-state index in [0.29, 0.717) is 6.42 Å². The molecule has 0 aliphatic heterocycles. The van der Waals surface area contributed by atoms with Crippen LogP contribution in [0.2, 0.25) is 0 Å². The lowest BCUT2D eigenvalue weighted by Gasteiger charge is -1.91. The first-order valence-corrected chi connectivity index (χ1v) is 3.78. The molecule has 0 heterocycles. The molecule has 0 bridgehead atoms. The summed E-state index contributed by atoms with van der Waals surface area (Å²) in [6.07, 6.45) is 7.59. The van der Waals surface area contributed by atoms with Crippen LogP contribution in [-0.4, -0.2) is 11.2 Å². The van der Waals surface area contributed by atoms with Crippen molar-refractivity contribution in [2.75, 3.05) is 0 Å². The molecule has 11 heavy (non-hydrogen) atoms. The van der Waals surface area contributed by atoms with Gasteiger partial charge in [0.05, 0.1) is 0 Å². The highest BCUT2D eigenvalue weighted by Crippen LogP contribution is 1.85. The molecule has 60 valence electrons. The second-order valence-electron chi connectivity index (χ2n) is 2.10. The zero-order chi connectivity index (χ0) is 8.53. The van der Waals surface area contributed by atoms with Crippen LogP contribution in [0, 0.1) is 11.8 Å². The van der Waals surface area contributed by atoms with Gasteiger partial charge in [-0.3, -0.25) is 0 Å². The molecule has 0 aliphatic rings. The Bertz CT molecular complexity index is 191. The van der Waals surface area contributed by atoms with Crippen molar-refractivity contribution < 1.29 is 5.11 Å². The van der Waals surface area contributed by atoms with Crippen LogP contribution in [-0.2, 0) is 0 Å². The Morgan fingerprint density at radius 2 is 2.18 bits per heavy atom. The van der Waals surface area contributed by atoms with Gasteiger partial charge in [-0.15, -0.1) is 0 Å². The molecule has 0 amide bonds. The quantitative estimate of drug-likeness (QED) is 0.471. The standard InChI is InChI=1S/C10H14O/c1-3-5-6-7-8-9-10(11)4-2/h3,5-7,10-11H,4H2,1-2H3/b5-3+,7-6+. The highest BCUT2D eigenvalue weighted by molar-refractivity contribution is 5.20. The third kappa shape index (κ3) is 6.89. The number of aliphatic hydroxyl groups excluding tert-OH is 1. The van der Waals surface area contributed by atoms with E-state index in [1.807, 2.05) is 32.1 Å². The van der Waals surface area contributed by atoms with Crippen molar-refractivity contribution in [3.05, 3.63) is 24.3 Å². The van der Waals surface area contributed by atoms with Gasteiger partial charge in [-0.25, -0.2) is 0 Å². The Labute approximate surface area is 68.4 Å². The highest BCUT2D eigenvalue weighted by Gasteiger charge is 1.88. The van der Waals surface area contributed by atoms with Crippen molar-refractivity contribution in [2.24, 2.45) is 0 Å². The third-order valence-corrected chi connectivity index (χ3v) is 1.12. The van der Waals surface area contributed by atoms with Gasteiger partial charge in [-0.05, 0) is 19.4 Å². The lowest BCUT2D eigenvalue weighted by Crippen LogP contribution is -1.98. The molecule has 0 saturated carbocycles. The first kappa shape index (κ1) is 10.0. The second kappa shape index (κ2) is 7.11. The normalized spacial score (nSPS) is 13.4. The van der Waals surface area contributed by atoms with Crippen LogP contribution in [0.4, 0.5) is 0 Å². The van der Waals surface area contributed by atoms with E-state index >= 15 is 0 Å². The topological polar surface area (TPSA) is 20.2 Å². The summed E-state index contributed by atoms with van der Waals surface area (Å²) in [5, 5.41) is 8.99. The van der Waals surface area contributed by atoms with Crippen LogP contribution in [0.25, 0.3) is 0 Å². The number of hydrogen-bond acceptors (Lipinski definition) is 1. The van der Waals surface area contributed by atoms with Crippen molar-refractivity contribution in [2.45, 2.75) is 26.4 Å². The van der Waals surface area contributed by atoms with Gasteiger partial charge < -0.3 is 5.11 Å². The average Bonchev–Trinajstić information content (AvgIpc) is 2.04. The molecule has 0 aromatic heterocycles. The Hall–Kier alpha value is -1.00. The number of allylic oxidation sites excluding steroid dienone is 4. The van der Waals surface area contributed by atoms with Gasteiger partial charge in [0.15, 0.2) is 0 Å². The summed E-state index contributed by atoms with van der Waals surface area (Å²) in [6.45, 7) is 3.84. The minimum atomic E-state index is -0.481. The zero-order valence-corrected chi connectivity index (χ0v) is 7.04. The molecule has 1 unspecified atom stereocenters. The van der Waals surface area contributed by atoms with Crippen LogP contribution < -0.4 is 0 Å². The summed E-state index contributed by atoms with van der Waals surface area (Å²) in [5.41, 5.74) is 0. The average molecular weight is 150 g/mol. The molecular formula is C10H14O. The summed E-state index contributed by atoms with van der Waals surface area (Å²) >= 11 is 0. The Balaban J connectivity index is 3.71. The fourth-order valence-corrected chi connectivity index (χ4v) is 0.461. The lowest BCUT2D eigenvalue weighted by atomic mass is 10.3. The van der Waals surface area contributed by atoms with Crippen molar-refractivity contribution in [3.63, 3.8) is 0 Å². The van der Waals surface area contributed by atoms with Crippen LogP contribution >= 0.6 is 0 Å². The van der Waals surface area contributed by atoms with Gasteiger partial charge >= 0.3 is 0 Å². The zero-order valence-electron chi connectivity index (χ0n) is 7.04. The number of aliphatic hydroxyl groups is 1. The van der Waals surface area contributed by atoms with Crippen LogP contribution in [0.15, 0.2) is 24.3 Å². The fourth-order valence-electron chi connectivity index (χ4n) is 0.461. The monoisotopic (exact) mass is 150 g/mol. The van der Waals surface area contributed by atoms with Gasteiger partial charge in [-0.2, -0.15) is 0 Å². The smallest absolute Gasteiger partial charge is 0.114 e. The summed E-state index contributed by atoms with van der Waals surface area (Å²) in [5.74, 6) is 5.42. The Morgan fingerprint density at radius 1 is 1.45 bits per heavy atom. The molecular weight excluding hydrogens is 136 g/mol. The van der Waals surface area contributed by atoms with Crippen molar-refractivity contribution >= 4 is 0 Å². The minimum absolute atomic E-state index is 0.481. The van der Waals surface area contributed by atoms with Gasteiger partial charge in [0, 0.05) is 0 Å². The molecule has 0 aliphatic carbocycles. The first-order valence-electron chi connectivity index (χ1n) is 3.78. The van der Waals surface area contributed by atoms with Crippen molar-refractivity contribution in [1.82, 2.24) is 0 Å². The van der Waals surface area contributed by atoms with Crippen molar-refractivity contribution in [3.8, 4) is 11.8 Å². The lowest BCUT2D eigenvalue weighted by molar-refractivity contribution is 0.228. The van der Waals surface area contributed by atoms with E-state index in [-0.39, 0.29) is 0 Å². The van der Waals surface area contributed by atoms with E-state index < -0.39 is 6.10 Å². The molecule has 1 N–H and O–H groups in total. The highest BCUT2D eigenvalue weighted by atomic mass is 16.3. The predicted molar refractivity (Wildman–Crippen MR) is 48.0 cm³/mol. The molecule has 1 heteroatoms. The maximum absolute atomic E-state index is 8.99. The van der Waals surface area contributed by atoms with E-state index in [9.17, 15) is 0 Å². The SMILES string of the molecule is C/C=C/C=C/C#CC(O)CC. The predicted octanol–water partition coefficient (Wildman–Crippen LogP) is 1.89. The fraction of sp³-hybridized carbons (Fsp3) is 0.400. The van der Waals surface area contributed by atoms with Gasteiger partial charge in [0.1, 0.15) is 6.10 Å². The Kier molecular flexibility index (Phi) is 6.46. The first-order chi connectivity index (χ1) is 5.31. The molecule has 0 saturated heterocycles. The molecule has 0 radical (unpaired) electrons. The molecule has 0 fully saturated rings. The molecule has 0 rings (SSSR count). The van der Waals surface area contributed by atoms with Gasteiger partial charge in [0.25, 0.3) is 0 Å². The van der Waals surface area contributed by atoms with E-state index in [1.54, 1.807) is 6.08 Å². The molecule has 1 atom stereocenters. The van der Waals surface area contributed by atoms with Crippen LogP contribution in [0.3, 0.4) is 0 Å². The maximum atomic E-state index is 8.99. The summed E-state index contributed by atoms with van der Waals surface area (Å²) in [6, 6.07) is 0. The third-order valence-electron chi connectivity index (χ3n) is 1.12. The van der Waals surface area contributed by atoms with Crippen LogP contribution in [0.1, 0.15) is 20.3 Å². The van der Waals surface area contributed by atoms with Gasteiger partial charge in [-0.1, -0.05) is 37.0 Å². The summed E-state index contributed by atoms with van der Waals surface area (Å²) in [4.78, 5) is 0.